The topological polar surface area (TPSA) is 167 Å². The molecule has 2 unspecified atom stereocenters. The van der Waals surface area contributed by atoms with E-state index >= 15 is 0 Å². The quantitative estimate of drug-likeness (QED) is 0.281. The zero-order chi connectivity index (χ0) is 32.2. The Balaban J connectivity index is 0.000000260. The molecule has 0 radical (unpaired) electrons. The van der Waals surface area contributed by atoms with Crippen LogP contribution in [0, 0.1) is 0 Å². The third kappa shape index (κ3) is 13.9. The van der Waals surface area contributed by atoms with Crippen LogP contribution >= 0.6 is 0 Å². The summed E-state index contributed by atoms with van der Waals surface area (Å²) in [7, 11) is 0. The summed E-state index contributed by atoms with van der Waals surface area (Å²) < 4.78 is 10.8. The van der Waals surface area contributed by atoms with Crippen molar-refractivity contribution in [1.29, 1.82) is 0 Å². The summed E-state index contributed by atoms with van der Waals surface area (Å²) in [5, 5.41) is 26.0. The smallest absolute Gasteiger partial charge is 0.259 e. The number of hydrogen-bond donors (Lipinski definition) is 2. The third-order valence-corrected chi connectivity index (χ3v) is 7.59. The van der Waals surface area contributed by atoms with Crippen molar-refractivity contribution in [3.8, 4) is 0 Å². The second-order valence-corrected chi connectivity index (χ2v) is 11.4. The van der Waals surface area contributed by atoms with E-state index in [1.54, 1.807) is 9.80 Å². The van der Waals surface area contributed by atoms with Crippen molar-refractivity contribution >= 4 is 23.1 Å². The molecule has 0 saturated heterocycles. The zero-order valence-electron chi connectivity index (χ0n) is 27.1. The number of aryl methyl sites for hydroxylation is 2. The average Bonchev–Trinajstić information content (AvgIpc) is 3.72. The van der Waals surface area contributed by atoms with Gasteiger partial charge in [0, 0.05) is 25.7 Å². The second-order valence-electron chi connectivity index (χ2n) is 11.4. The van der Waals surface area contributed by atoms with Gasteiger partial charge in [-0.2, -0.15) is 9.97 Å². The normalized spacial score (nSPS) is 17.8. The highest BCUT2D eigenvalue weighted by Gasteiger charge is 2.22. The highest BCUT2D eigenvalue weighted by atomic mass is 16.5. The van der Waals surface area contributed by atoms with E-state index in [9.17, 15) is 0 Å². The molecule has 2 N–H and O–H groups in total. The van der Waals surface area contributed by atoms with Crippen LogP contribution in [0.5, 0.6) is 0 Å². The number of carboxylic acid groups (broad SMARTS) is 2. The first kappa shape index (κ1) is 36.8. The van der Waals surface area contributed by atoms with Gasteiger partial charge in [-0.3, -0.25) is 0 Å². The molecule has 2 aromatic heterocycles. The molecule has 0 saturated carbocycles. The maximum Gasteiger partial charge on any atom is 0.259 e. The Morgan fingerprint density at radius 1 is 0.682 bits per heavy atom. The lowest BCUT2D eigenvalue weighted by Gasteiger charge is -2.22. The zero-order valence-corrected chi connectivity index (χ0v) is 27.1. The summed E-state index contributed by atoms with van der Waals surface area (Å²) in [4.78, 5) is 30.2. The van der Waals surface area contributed by atoms with Crippen LogP contribution in [0.2, 0.25) is 0 Å². The second kappa shape index (κ2) is 21.3. The summed E-state index contributed by atoms with van der Waals surface area (Å²) in [6.45, 7) is 15.9. The van der Waals surface area contributed by atoms with Crippen LogP contribution in [0.4, 0.5) is 0 Å². The first-order valence-electron chi connectivity index (χ1n) is 16.4. The molecule has 12 nitrogen and oxygen atoms in total. The molecule has 2 aromatic rings. The van der Waals surface area contributed by atoms with Gasteiger partial charge in [0.2, 0.25) is 0 Å². The lowest BCUT2D eigenvalue weighted by atomic mass is 10.1. The van der Waals surface area contributed by atoms with Crippen molar-refractivity contribution in [2.75, 3.05) is 39.3 Å². The molecular weight excluding hydrogens is 564 g/mol. The Kier molecular flexibility index (Phi) is 17.9. The van der Waals surface area contributed by atoms with E-state index in [0.29, 0.717) is 0 Å². The van der Waals surface area contributed by atoms with Gasteiger partial charge in [-0.1, -0.05) is 75.8 Å². The van der Waals surface area contributed by atoms with Gasteiger partial charge in [0.15, 0.2) is 11.6 Å². The van der Waals surface area contributed by atoms with E-state index in [0.717, 1.165) is 75.0 Å². The maximum atomic E-state index is 8.93. The highest BCUT2D eigenvalue weighted by Crippen LogP contribution is 2.15. The number of hydrogen-bond acceptors (Lipinski definition) is 10. The highest BCUT2D eigenvalue weighted by molar-refractivity contribution is 6.25. The number of carboxylic acids is 2. The molecule has 0 bridgehead atoms. The Hall–Kier alpha value is -3.38. The molecular formula is C32H52N6O6. The predicted octanol–water partition coefficient (Wildman–Crippen LogP) is 0.255. The lowest BCUT2D eigenvalue weighted by Crippen LogP contribution is -3.12. The minimum absolute atomic E-state index is 0.750. The molecule has 44 heavy (non-hydrogen) atoms. The number of nitrogens with zero attached hydrogens (tertiary/aromatic N) is 4. The standard InChI is InChI=1S/2C15H25N3O.C2H2O4/c2*1-3-5-9-14-16-15(19-17-14)13-8-7-11-18(12-13)10-6-4-2;3-1(4)2(5)6/h2*8H,3-7,9-12H2,1-2H3;(H,3,4)(H,5,6). The van der Waals surface area contributed by atoms with Gasteiger partial charge in [-0.05, 0) is 25.7 Å². The number of aliphatic carboxylic acids is 2. The SMILES string of the molecule is CCCCc1noc(C2=CCC[NH+](CCCC)C2)n1.CCCCc1noc(C2=CCC[NH+](CCCC)C2)n1.O=C([O-])C(=O)[O-]. The first-order valence-corrected chi connectivity index (χ1v) is 16.4. The van der Waals surface area contributed by atoms with Crippen molar-refractivity contribution < 1.29 is 38.6 Å². The van der Waals surface area contributed by atoms with Gasteiger partial charge >= 0.3 is 0 Å². The van der Waals surface area contributed by atoms with E-state index in [2.05, 4.69) is 60.1 Å². The Labute approximate surface area is 261 Å². The number of nitrogens with one attached hydrogen (secondary N) is 2. The van der Waals surface area contributed by atoms with Crippen molar-refractivity contribution in [2.45, 2.75) is 105 Å². The molecule has 4 rings (SSSR count). The number of carbonyl (C=O) groups is 2. The van der Waals surface area contributed by atoms with Crippen LogP contribution in [0.25, 0.3) is 11.1 Å². The van der Waals surface area contributed by atoms with Gasteiger partial charge in [0.1, 0.15) is 13.1 Å². The molecule has 246 valence electrons. The number of aromatic nitrogens is 4. The summed E-state index contributed by atoms with van der Waals surface area (Å²) >= 11 is 0. The minimum Gasteiger partial charge on any atom is -0.543 e. The lowest BCUT2D eigenvalue weighted by molar-refractivity contribution is -0.893. The van der Waals surface area contributed by atoms with Crippen LogP contribution in [-0.4, -0.2) is 71.5 Å². The fourth-order valence-corrected chi connectivity index (χ4v) is 5.01. The number of unbranched alkanes of at least 4 members (excludes halogenated alkanes) is 4. The fraction of sp³-hybridized carbons (Fsp3) is 0.688. The number of carbonyl (C=O) groups excluding carboxylic acids is 2. The van der Waals surface area contributed by atoms with Gasteiger partial charge in [0.25, 0.3) is 11.8 Å². The molecule has 0 spiro atoms. The molecule has 12 heteroatoms. The molecule has 0 fully saturated rings. The Bertz CT molecular complexity index is 1080. The fourth-order valence-electron chi connectivity index (χ4n) is 5.01. The predicted molar refractivity (Wildman–Crippen MR) is 162 cm³/mol. The molecule has 0 aliphatic carbocycles. The van der Waals surface area contributed by atoms with Crippen LogP contribution in [0.15, 0.2) is 21.2 Å². The van der Waals surface area contributed by atoms with E-state index in [-0.39, 0.29) is 0 Å². The van der Waals surface area contributed by atoms with Crippen LogP contribution < -0.4 is 20.0 Å². The Morgan fingerprint density at radius 3 is 1.41 bits per heavy atom. The third-order valence-electron chi connectivity index (χ3n) is 7.59. The molecule has 2 aliphatic heterocycles. The molecule has 4 heterocycles. The summed E-state index contributed by atoms with van der Waals surface area (Å²) in [6.07, 6.45) is 18.4. The van der Waals surface area contributed by atoms with Gasteiger partial charge in [-0.15, -0.1) is 0 Å². The van der Waals surface area contributed by atoms with Gasteiger partial charge in [-0.25, -0.2) is 0 Å². The van der Waals surface area contributed by atoms with Gasteiger partial charge in [0.05, 0.1) is 49.3 Å². The molecule has 2 aliphatic rings. The molecule has 0 amide bonds. The van der Waals surface area contributed by atoms with E-state index < -0.39 is 11.9 Å². The maximum absolute atomic E-state index is 8.93. The largest absolute Gasteiger partial charge is 0.543 e. The summed E-state index contributed by atoms with van der Waals surface area (Å²) in [6, 6.07) is 0. The van der Waals surface area contributed by atoms with E-state index in [1.807, 2.05) is 0 Å². The molecule has 0 aromatic carbocycles. The van der Waals surface area contributed by atoms with Crippen molar-refractivity contribution in [3.63, 3.8) is 0 Å². The van der Waals surface area contributed by atoms with Crippen molar-refractivity contribution in [3.05, 3.63) is 35.6 Å². The van der Waals surface area contributed by atoms with Crippen LogP contribution in [-0.2, 0) is 22.4 Å². The van der Waals surface area contributed by atoms with Crippen molar-refractivity contribution in [2.24, 2.45) is 0 Å². The van der Waals surface area contributed by atoms with Gasteiger partial charge < -0.3 is 38.6 Å². The Morgan fingerprint density at radius 2 is 1.07 bits per heavy atom. The van der Waals surface area contributed by atoms with Crippen molar-refractivity contribution in [1.82, 2.24) is 20.3 Å². The summed E-state index contributed by atoms with van der Waals surface area (Å²) in [5.41, 5.74) is 2.49. The first-order chi connectivity index (χ1) is 21.3. The number of quaternary nitrogens is 2. The molecule has 2 atom stereocenters. The van der Waals surface area contributed by atoms with E-state index in [4.69, 9.17) is 28.8 Å². The summed E-state index contributed by atoms with van der Waals surface area (Å²) in [5.74, 6) is -1.15. The van der Waals surface area contributed by atoms with Crippen LogP contribution in [0.3, 0.4) is 0 Å². The monoisotopic (exact) mass is 616 g/mol. The minimum atomic E-state index is -2.19. The average molecular weight is 617 g/mol. The number of rotatable bonds is 14. The van der Waals surface area contributed by atoms with Crippen LogP contribution in [0.1, 0.15) is 115 Å². The van der Waals surface area contributed by atoms with E-state index in [1.165, 1.54) is 75.9 Å².